The molecule has 3 nitrogen and oxygen atoms in total. The number of hydrogen-bond donors (Lipinski definition) is 2. The van der Waals surface area contributed by atoms with Gasteiger partial charge in [0.2, 0.25) is 0 Å². The zero-order valence-corrected chi connectivity index (χ0v) is 12.6. The highest BCUT2D eigenvalue weighted by Crippen LogP contribution is 2.24. The van der Waals surface area contributed by atoms with Gasteiger partial charge in [0.25, 0.3) is 0 Å². The van der Waals surface area contributed by atoms with Gasteiger partial charge in [-0.1, -0.05) is 34.1 Å². The molecule has 0 unspecified atom stereocenters. The van der Waals surface area contributed by atoms with E-state index in [1.54, 1.807) is 0 Å². The fourth-order valence-electron chi connectivity index (χ4n) is 2.09. The molecular formula is C16H14BrN3. The number of fused-ring (bicyclic) bond motifs is 1. The molecule has 2 aromatic carbocycles. The maximum Gasteiger partial charge on any atom is 0.132 e. The Labute approximate surface area is 126 Å². The Bertz CT molecular complexity index is 756. The van der Waals surface area contributed by atoms with Crippen LogP contribution in [0.15, 0.2) is 59.1 Å². The van der Waals surface area contributed by atoms with Crippen LogP contribution >= 0.6 is 15.9 Å². The van der Waals surface area contributed by atoms with Crippen molar-refractivity contribution in [3.8, 4) is 0 Å². The molecule has 0 aliphatic rings. The number of halogens is 1. The lowest BCUT2D eigenvalue weighted by Gasteiger charge is -2.08. The van der Waals surface area contributed by atoms with Gasteiger partial charge in [-0.25, -0.2) is 4.98 Å². The smallest absolute Gasteiger partial charge is 0.132 e. The average molecular weight is 328 g/mol. The predicted molar refractivity (Wildman–Crippen MR) is 88.7 cm³/mol. The van der Waals surface area contributed by atoms with E-state index in [2.05, 4.69) is 61.9 Å². The Kier molecular flexibility index (Phi) is 3.56. The number of benzene rings is 2. The van der Waals surface area contributed by atoms with Crippen LogP contribution in [0.3, 0.4) is 0 Å². The van der Waals surface area contributed by atoms with Crippen LogP contribution in [0, 0.1) is 0 Å². The van der Waals surface area contributed by atoms with Crippen LogP contribution in [0.1, 0.15) is 0 Å². The Morgan fingerprint density at radius 2 is 1.65 bits per heavy atom. The molecule has 0 aliphatic heterocycles. The van der Waals surface area contributed by atoms with E-state index in [0.717, 1.165) is 21.8 Å². The Morgan fingerprint density at radius 1 is 0.900 bits per heavy atom. The lowest BCUT2D eigenvalue weighted by Crippen LogP contribution is -1.97. The monoisotopic (exact) mass is 327 g/mol. The van der Waals surface area contributed by atoms with Gasteiger partial charge < -0.3 is 10.6 Å². The van der Waals surface area contributed by atoms with Crippen molar-refractivity contribution in [3.63, 3.8) is 0 Å². The van der Waals surface area contributed by atoms with Crippen molar-refractivity contribution in [2.45, 2.75) is 0 Å². The minimum absolute atomic E-state index is 0.827. The quantitative estimate of drug-likeness (QED) is 0.726. The van der Waals surface area contributed by atoms with Gasteiger partial charge in [0.1, 0.15) is 11.6 Å². The second kappa shape index (κ2) is 5.51. The molecule has 0 radical (unpaired) electrons. The summed E-state index contributed by atoms with van der Waals surface area (Å²) in [5.41, 5.74) is 1.03. The summed E-state index contributed by atoms with van der Waals surface area (Å²) < 4.78 is 1.09. The van der Waals surface area contributed by atoms with Crippen molar-refractivity contribution in [2.24, 2.45) is 0 Å². The predicted octanol–water partition coefficient (Wildman–Crippen LogP) is 4.78. The Morgan fingerprint density at radius 3 is 2.50 bits per heavy atom. The molecule has 0 aliphatic carbocycles. The number of rotatable bonds is 3. The third kappa shape index (κ3) is 2.75. The second-order valence-electron chi connectivity index (χ2n) is 4.49. The summed E-state index contributed by atoms with van der Waals surface area (Å²) in [6, 6.07) is 18.4. The van der Waals surface area contributed by atoms with Crippen LogP contribution in [0.4, 0.5) is 17.3 Å². The minimum atomic E-state index is 0.827. The maximum atomic E-state index is 4.45. The molecule has 100 valence electrons. The van der Waals surface area contributed by atoms with Gasteiger partial charge >= 0.3 is 0 Å². The molecule has 2 N–H and O–H groups in total. The topological polar surface area (TPSA) is 37.0 Å². The number of nitrogens with one attached hydrogen (secondary N) is 2. The molecule has 1 heterocycles. The molecule has 0 fully saturated rings. The van der Waals surface area contributed by atoms with Crippen molar-refractivity contribution in [1.29, 1.82) is 0 Å². The minimum Gasteiger partial charge on any atom is -0.373 e. The lowest BCUT2D eigenvalue weighted by atomic mass is 10.1. The third-order valence-electron chi connectivity index (χ3n) is 3.08. The van der Waals surface area contributed by atoms with Crippen LogP contribution in [0.2, 0.25) is 0 Å². The molecule has 3 aromatic rings. The number of nitrogens with zero attached hydrogens (tertiary/aromatic N) is 1. The van der Waals surface area contributed by atoms with Gasteiger partial charge in [-0.2, -0.15) is 0 Å². The van der Waals surface area contributed by atoms with Gasteiger partial charge in [-0.15, -0.1) is 0 Å². The van der Waals surface area contributed by atoms with E-state index < -0.39 is 0 Å². The van der Waals surface area contributed by atoms with Crippen LogP contribution in [0.25, 0.3) is 10.8 Å². The molecule has 20 heavy (non-hydrogen) atoms. The van der Waals surface area contributed by atoms with Crippen molar-refractivity contribution in [3.05, 3.63) is 59.1 Å². The fourth-order valence-corrected chi connectivity index (χ4v) is 2.46. The van der Waals surface area contributed by atoms with Gasteiger partial charge in [0.05, 0.1) is 0 Å². The highest BCUT2D eigenvalue weighted by molar-refractivity contribution is 9.10. The molecule has 0 saturated carbocycles. The van der Waals surface area contributed by atoms with Crippen molar-refractivity contribution < 1.29 is 0 Å². The molecule has 0 spiro atoms. The number of pyridine rings is 1. The van der Waals surface area contributed by atoms with Crippen LogP contribution < -0.4 is 10.6 Å². The molecule has 0 atom stereocenters. The fraction of sp³-hybridized carbons (Fsp3) is 0.0625. The van der Waals surface area contributed by atoms with Crippen molar-refractivity contribution >= 4 is 44.0 Å². The van der Waals surface area contributed by atoms with E-state index in [1.807, 2.05) is 31.3 Å². The van der Waals surface area contributed by atoms with E-state index >= 15 is 0 Å². The summed E-state index contributed by atoms with van der Waals surface area (Å²) in [6.45, 7) is 0. The largest absolute Gasteiger partial charge is 0.373 e. The molecule has 0 bridgehead atoms. The summed E-state index contributed by atoms with van der Waals surface area (Å²) in [4.78, 5) is 4.45. The molecule has 3 rings (SSSR count). The lowest BCUT2D eigenvalue weighted by molar-refractivity contribution is 1.28. The zero-order chi connectivity index (χ0) is 13.9. The maximum absolute atomic E-state index is 4.45. The summed E-state index contributed by atoms with van der Waals surface area (Å²) in [6.07, 6.45) is 0. The Hall–Kier alpha value is -2.07. The SMILES string of the molecule is CNc1cccc(Nc2ccc3cc(Br)ccc3c2)n1. The first-order valence-electron chi connectivity index (χ1n) is 6.36. The first kappa shape index (κ1) is 12.9. The van der Waals surface area contributed by atoms with Crippen LogP contribution in [0.5, 0.6) is 0 Å². The van der Waals surface area contributed by atoms with E-state index in [0.29, 0.717) is 0 Å². The third-order valence-corrected chi connectivity index (χ3v) is 3.57. The van der Waals surface area contributed by atoms with E-state index in [1.165, 1.54) is 10.8 Å². The number of aromatic nitrogens is 1. The van der Waals surface area contributed by atoms with Gasteiger partial charge in [0.15, 0.2) is 0 Å². The molecule has 4 heteroatoms. The second-order valence-corrected chi connectivity index (χ2v) is 5.40. The number of hydrogen-bond acceptors (Lipinski definition) is 3. The molecular weight excluding hydrogens is 314 g/mol. The van der Waals surface area contributed by atoms with Crippen molar-refractivity contribution in [2.75, 3.05) is 17.7 Å². The van der Waals surface area contributed by atoms with Gasteiger partial charge in [-0.05, 0) is 47.2 Å². The Balaban J connectivity index is 1.92. The van der Waals surface area contributed by atoms with E-state index in [-0.39, 0.29) is 0 Å². The van der Waals surface area contributed by atoms with Gasteiger partial charge in [-0.3, -0.25) is 0 Å². The van der Waals surface area contributed by atoms with Gasteiger partial charge in [0, 0.05) is 17.2 Å². The van der Waals surface area contributed by atoms with E-state index in [4.69, 9.17) is 0 Å². The molecule has 0 saturated heterocycles. The summed E-state index contributed by atoms with van der Waals surface area (Å²) in [5.74, 6) is 1.67. The first-order chi connectivity index (χ1) is 9.74. The molecule has 1 aromatic heterocycles. The summed E-state index contributed by atoms with van der Waals surface area (Å²) in [5, 5.41) is 8.76. The van der Waals surface area contributed by atoms with Crippen LogP contribution in [-0.4, -0.2) is 12.0 Å². The summed E-state index contributed by atoms with van der Waals surface area (Å²) >= 11 is 3.49. The van der Waals surface area contributed by atoms with Crippen molar-refractivity contribution in [1.82, 2.24) is 4.98 Å². The normalized spacial score (nSPS) is 10.5. The van der Waals surface area contributed by atoms with E-state index in [9.17, 15) is 0 Å². The zero-order valence-electron chi connectivity index (χ0n) is 11.0. The average Bonchev–Trinajstić information content (AvgIpc) is 2.47. The highest BCUT2D eigenvalue weighted by atomic mass is 79.9. The first-order valence-corrected chi connectivity index (χ1v) is 7.15. The molecule has 0 amide bonds. The number of anilines is 3. The highest BCUT2D eigenvalue weighted by Gasteiger charge is 2.00. The van der Waals surface area contributed by atoms with Crippen LogP contribution in [-0.2, 0) is 0 Å². The summed E-state index contributed by atoms with van der Waals surface area (Å²) in [7, 11) is 1.86. The standard InChI is InChI=1S/C16H14BrN3/c1-18-15-3-2-4-16(20-15)19-14-8-6-11-9-13(17)7-5-12(11)10-14/h2-10H,1H3,(H2,18,19,20).